The van der Waals surface area contributed by atoms with Gasteiger partial charge in [0.1, 0.15) is 5.75 Å². The summed E-state index contributed by atoms with van der Waals surface area (Å²) in [5.74, 6) is 0.556. The van der Waals surface area contributed by atoms with Gasteiger partial charge in [-0.25, -0.2) is 13.4 Å². The van der Waals surface area contributed by atoms with E-state index >= 15 is 0 Å². The second-order valence-electron chi connectivity index (χ2n) is 6.91. The average Bonchev–Trinajstić information content (AvgIpc) is 2.69. The number of aromatic nitrogens is 1. The molecule has 2 rings (SSSR count). The van der Waals surface area contributed by atoms with Gasteiger partial charge in [0.05, 0.1) is 17.7 Å². The molecule has 0 aliphatic rings. The van der Waals surface area contributed by atoms with E-state index in [2.05, 4.69) is 9.71 Å². The van der Waals surface area contributed by atoms with Gasteiger partial charge in [0, 0.05) is 23.9 Å². The molecule has 0 amide bonds. The standard InChI is InChI=1S/C19H26BClN2O5S/c1-6-19(3,4)28-20(27-7-2)14-12-17(18(21)22-13-14)23-29(24,25)16-10-8-15(26-5)9-11-16/h8-13,23H,6-7H2,1-5H3. The molecule has 0 unspecified atom stereocenters. The summed E-state index contributed by atoms with van der Waals surface area (Å²) in [5.41, 5.74) is 0.273. The molecule has 10 heteroatoms. The highest BCUT2D eigenvalue weighted by Crippen LogP contribution is 2.24. The number of pyridine rings is 1. The predicted octanol–water partition coefficient (Wildman–Crippen LogP) is 3.48. The van der Waals surface area contributed by atoms with E-state index in [0.29, 0.717) is 17.8 Å². The number of anilines is 1. The second-order valence-corrected chi connectivity index (χ2v) is 8.95. The maximum absolute atomic E-state index is 12.7. The van der Waals surface area contributed by atoms with Crippen LogP contribution in [0.15, 0.2) is 41.4 Å². The first-order chi connectivity index (χ1) is 13.6. The van der Waals surface area contributed by atoms with E-state index in [1.54, 1.807) is 18.2 Å². The number of hydrogen-bond acceptors (Lipinski definition) is 6. The van der Waals surface area contributed by atoms with Crippen LogP contribution in [0.1, 0.15) is 34.1 Å². The Morgan fingerprint density at radius 2 is 1.86 bits per heavy atom. The molecule has 0 atom stereocenters. The Morgan fingerprint density at radius 1 is 1.21 bits per heavy atom. The molecule has 1 aromatic heterocycles. The van der Waals surface area contributed by atoms with Crippen LogP contribution < -0.4 is 14.9 Å². The zero-order chi connectivity index (χ0) is 21.7. The molecule has 0 bridgehead atoms. The number of halogens is 1. The van der Waals surface area contributed by atoms with Crippen LogP contribution in [0, 0.1) is 0 Å². The predicted molar refractivity (Wildman–Crippen MR) is 116 cm³/mol. The van der Waals surface area contributed by atoms with Crippen molar-refractivity contribution in [2.75, 3.05) is 18.4 Å². The van der Waals surface area contributed by atoms with Crippen molar-refractivity contribution in [1.29, 1.82) is 0 Å². The van der Waals surface area contributed by atoms with Crippen molar-refractivity contribution < 1.29 is 22.5 Å². The lowest BCUT2D eigenvalue weighted by atomic mass is 9.78. The van der Waals surface area contributed by atoms with E-state index in [9.17, 15) is 8.42 Å². The fourth-order valence-corrected chi connectivity index (χ4v) is 3.61. The van der Waals surface area contributed by atoms with Crippen LogP contribution in [0.2, 0.25) is 5.15 Å². The van der Waals surface area contributed by atoms with E-state index in [1.165, 1.54) is 25.4 Å². The van der Waals surface area contributed by atoms with Crippen molar-refractivity contribution >= 4 is 39.9 Å². The van der Waals surface area contributed by atoms with Crippen molar-refractivity contribution in [1.82, 2.24) is 4.98 Å². The van der Waals surface area contributed by atoms with Crippen molar-refractivity contribution in [2.45, 2.75) is 44.6 Å². The minimum absolute atomic E-state index is 0.0239. The van der Waals surface area contributed by atoms with Gasteiger partial charge in [-0.2, -0.15) is 0 Å². The van der Waals surface area contributed by atoms with Gasteiger partial charge in [-0.05, 0) is 57.5 Å². The molecular weight excluding hydrogens is 415 g/mol. The minimum atomic E-state index is -3.87. The van der Waals surface area contributed by atoms with Crippen molar-refractivity contribution in [3.8, 4) is 5.75 Å². The number of methoxy groups -OCH3 is 1. The molecule has 0 saturated carbocycles. The molecule has 1 N–H and O–H groups in total. The van der Waals surface area contributed by atoms with E-state index in [0.717, 1.165) is 6.42 Å². The molecule has 0 aliphatic heterocycles. The Balaban J connectivity index is 2.33. The number of nitrogens with one attached hydrogen (secondary N) is 1. The smallest absolute Gasteiger partial charge is 0.495 e. The summed E-state index contributed by atoms with van der Waals surface area (Å²) in [4.78, 5) is 4.18. The van der Waals surface area contributed by atoms with Gasteiger partial charge in [-0.1, -0.05) is 18.5 Å². The number of rotatable bonds is 10. The summed E-state index contributed by atoms with van der Waals surface area (Å²) in [6, 6.07) is 7.60. The summed E-state index contributed by atoms with van der Waals surface area (Å²) < 4.78 is 44.8. The SMILES string of the molecule is CCOB(OC(C)(C)CC)c1cnc(Cl)c(NS(=O)(=O)c2ccc(OC)cc2)c1. The lowest BCUT2D eigenvalue weighted by molar-refractivity contribution is 0.0706. The maximum atomic E-state index is 12.7. The van der Waals surface area contributed by atoms with Gasteiger partial charge >= 0.3 is 7.12 Å². The van der Waals surface area contributed by atoms with Gasteiger partial charge in [-0.15, -0.1) is 0 Å². The van der Waals surface area contributed by atoms with Crippen LogP contribution >= 0.6 is 11.6 Å². The van der Waals surface area contributed by atoms with Gasteiger partial charge in [0.2, 0.25) is 0 Å². The van der Waals surface area contributed by atoms with Crippen LogP contribution in [0.4, 0.5) is 5.69 Å². The van der Waals surface area contributed by atoms with Crippen molar-refractivity contribution in [3.05, 3.63) is 41.7 Å². The number of nitrogens with zero attached hydrogens (tertiary/aromatic N) is 1. The molecule has 158 valence electrons. The van der Waals surface area contributed by atoms with Crippen molar-refractivity contribution in [3.63, 3.8) is 0 Å². The first kappa shape index (κ1) is 23.5. The molecule has 1 aromatic carbocycles. The lowest BCUT2D eigenvalue weighted by Gasteiger charge is -2.28. The molecule has 0 saturated heterocycles. The first-order valence-electron chi connectivity index (χ1n) is 9.23. The van der Waals surface area contributed by atoms with Crippen LogP contribution in [-0.2, 0) is 19.3 Å². The highest BCUT2D eigenvalue weighted by molar-refractivity contribution is 7.92. The van der Waals surface area contributed by atoms with Gasteiger partial charge in [0.15, 0.2) is 5.15 Å². The maximum Gasteiger partial charge on any atom is 0.495 e. The highest BCUT2D eigenvalue weighted by Gasteiger charge is 2.30. The van der Waals surface area contributed by atoms with Gasteiger partial charge in [-0.3, -0.25) is 4.72 Å². The molecular formula is C19H26BClN2O5S. The van der Waals surface area contributed by atoms with E-state index in [1.807, 2.05) is 27.7 Å². The molecule has 0 spiro atoms. The lowest BCUT2D eigenvalue weighted by Crippen LogP contribution is -2.44. The first-order valence-corrected chi connectivity index (χ1v) is 11.1. The Hall–Kier alpha value is -1.81. The third-order valence-corrected chi connectivity index (χ3v) is 6.02. The summed E-state index contributed by atoms with van der Waals surface area (Å²) in [6.07, 6.45) is 2.29. The van der Waals surface area contributed by atoms with Crippen molar-refractivity contribution in [2.24, 2.45) is 0 Å². The van der Waals surface area contributed by atoms with Crippen LogP contribution in [0.25, 0.3) is 0 Å². The minimum Gasteiger partial charge on any atom is -0.497 e. The molecule has 29 heavy (non-hydrogen) atoms. The quantitative estimate of drug-likeness (QED) is 0.449. The van der Waals surface area contributed by atoms with Crippen LogP contribution in [-0.4, -0.2) is 39.8 Å². The zero-order valence-electron chi connectivity index (χ0n) is 17.2. The fraction of sp³-hybridized carbons (Fsp3) is 0.421. The Labute approximate surface area is 177 Å². The number of benzene rings is 1. The molecule has 2 aromatic rings. The molecule has 1 heterocycles. The van der Waals surface area contributed by atoms with E-state index in [-0.39, 0.29) is 15.7 Å². The number of ether oxygens (including phenoxy) is 1. The third kappa shape index (κ3) is 6.34. The van der Waals surface area contributed by atoms with Crippen LogP contribution in [0.3, 0.4) is 0 Å². The summed E-state index contributed by atoms with van der Waals surface area (Å²) in [7, 11) is -3.06. The number of sulfonamides is 1. The number of hydrogen-bond donors (Lipinski definition) is 1. The normalized spacial score (nSPS) is 11.9. The van der Waals surface area contributed by atoms with E-state index < -0.39 is 22.7 Å². The van der Waals surface area contributed by atoms with Crippen LogP contribution in [0.5, 0.6) is 5.75 Å². The highest BCUT2D eigenvalue weighted by atomic mass is 35.5. The summed E-state index contributed by atoms with van der Waals surface area (Å²) >= 11 is 6.14. The molecule has 7 nitrogen and oxygen atoms in total. The van der Waals surface area contributed by atoms with Gasteiger partial charge in [0.25, 0.3) is 10.0 Å². The molecule has 0 fully saturated rings. The Morgan fingerprint density at radius 3 is 2.41 bits per heavy atom. The largest absolute Gasteiger partial charge is 0.497 e. The summed E-state index contributed by atoms with van der Waals surface area (Å²) in [5, 5.41) is 0.0239. The van der Waals surface area contributed by atoms with E-state index in [4.69, 9.17) is 25.6 Å². The molecule has 0 radical (unpaired) electrons. The Bertz CT molecular complexity index is 923. The molecule has 0 aliphatic carbocycles. The van der Waals surface area contributed by atoms with Gasteiger partial charge < -0.3 is 14.0 Å². The topological polar surface area (TPSA) is 86.8 Å². The fourth-order valence-electron chi connectivity index (χ4n) is 2.35. The Kier molecular flexibility index (Phi) is 7.93. The summed E-state index contributed by atoms with van der Waals surface area (Å²) in [6.45, 7) is 8.19. The monoisotopic (exact) mass is 440 g/mol. The zero-order valence-corrected chi connectivity index (χ0v) is 18.8. The average molecular weight is 441 g/mol. The third-order valence-electron chi connectivity index (χ3n) is 4.34. The second kappa shape index (κ2) is 9.80.